The first-order valence-corrected chi connectivity index (χ1v) is 11.2. The van der Waals surface area contributed by atoms with Gasteiger partial charge in [-0.1, -0.05) is 25.3 Å². The predicted octanol–water partition coefficient (Wildman–Crippen LogP) is 4.30. The Kier molecular flexibility index (Phi) is 6.16. The largest absolute Gasteiger partial charge is 0.493 e. The van der Waals surface area contributed by atoms with Crippen molar-refractivity contribution in [2.45, 2.75) is 37.0 Å². The number of hydrogen-bond acceptors (Lipinski definition) is 4. The fourth-order valence-corrected chi connectivity index (χ4v) is 3.94. The molecule has 0 spiro atoms. The number of nitrogens with one attached hydrogen (secondary N) is 1. The molecule has 0 heterocycles. The minimum atomic E-state index is -3.35. The quantitative estimate of drug-likeness (QED) is 0.802. The number of benzene rings is 2. The van der Waals surface area contributed by atoms with E-state index < -0.39 is 9.84 Å². The summed E-state index contributed by atoms with van der Waals surface area (Å²) in [5, 5.41) is 2.78. The second kappa shape index (κ2) is 8.57. The van der Waals surface area contributed by atoms with Crippen LogP contribution < -0.4 is 10.1 Å². The third kappa shape index (κ3) is 5.57. The van der Waals surface area contributed by atoms with Crippen LogP contribution in [0.1, 0.15) is 42.5 Å². The Morgan fingerprint density at radius 1 is 1.07 bits per heavy atom. The molecule has 0 unspecified atom stereocenters. The van der Waals surface area contributed by atoms with Crippen molar-refractivity contribution in [1.29, 1.82) is 0 Å². The lowest BCUT2D eigenvalue weighted by Crippen LogP contribution is -2.15. The highest BCUT2D eigenvalue weighted by molar-refractivity contribution is 7.90. The predicted molar refractivity (Wildman–Crippen MR) is 106 cm³/mol. The smallest absolute Gasteiger partial charge is 0.255 e. The summed E-state index contributed by atoms with van der Waals surface area (Å²) in [6, 6.07) is 13.3. The van der Waals surface area contributed by atoms with Crippen LogP contribution in [0.2, 0.25) is 0 Å². The standard InChI is InChI=1S/C21H25NO4S/c1-27(24,25)20-9-5-8-17(14-20)21(23)22-18-10-12-19(13-11-18)26-15-16-6-3-2-4-7-16/h5,8-14,16H,2-4,6-7,15H2,1H3,(H,22,23). The molecule has 5 nitrogen and oxygen atoms in total. The van der Waals surface area contributed by atoms with E-state index in [1.807, 2.05) is 12.1 Å². The van der Waals surface area contributed by atoms with Gasteiger partial charge in [-0.3, -0.25) is 4.79 Å². The van der Waals surface area contributed by atoms with Crippen molar-refractivity contribution in [1.82, 2.24) is 0 Å². The van der Waals surface area contributed by atoms with Gasteiger partial charge in [-0.2, -0.15) is 0 Å². The lowest BCUT2D eigenvalue weighted by molar-refractivity contribution is 0.102. The Balaban J connectivity index is 1.58. The third-order valence-electron chi connectivity index (χ3n) is 4.85. The lowest BCUT2D eigenvalue weighted by Gasteiger charge is -2.21. The number of carbonyl (C=O) groups excluding carboxylic acids is 1. The molecule has 0 bridgehead atoms. The van der Waals surface area contributed by atoms with Gasteiger partial charge in [0.2, 0.25) is 0 Å². The molecular weight excluding hydrogens is 362 g/mol. The van der Waals surface area contributed by atoms with E-state index in [4.69, 9.17) is 4.74 Å². The Labute approximate surface area is 160 Å². The van der Waals surface area contributed by atoms with Gasteiger partial charge in [0.1, 0.15) is 5.75 Å². The second-order valence-corrected chi connectivity index (χ2v) is 9.11. The summed E-state index contributed by atoms with van der Waals surface area (Å²) in [4.78, 5) is 12.5. The number of sulfone groups is 1. The van der Waals surface area contributed by atoms with E-state index in [9.17, 15) is 13.2 Å². The summed E-state index contributed by atoms with van der Waals surface area (Å²) < 4.78 is 29.1. The van der Waals surface area contributed by atoms with E-state index in [-0.39, 0.29) is 10.8 Å². The average molecular weight is 388 g/mol. The van der Waals surface area contributed by atoms with Crippen LogP contribution in [0, 0.1) is 5.92 Å². The van der Waals surface area contributed by atoms with Crippen LogP contribution >= 0.6 is 0 Å². The number of anilines is 1. The van der Waals surface area contributed by atoms with E-state index >= 15 is 0 Å². The number of rotatable bonds is 6. The first-order valence-electron chi connectivity index (χ1n) is 9.26. The van der Waals surface area contributed by atoms with Crippen molar-refractivity contribution >= 4 is 21.4 Å². The van der Waals surface area contributed by atoms with E-state index in [1.54, 1.807) is 24.3 Å². The summed E-state index contributed by atoms with van der Waals surface area (Å²) in [6.45, 7) is 0.740. The molecule has 2 aromatic carbocycles. The maximum absolute atomic E-state index is 12.4. The molecule has 6 heteroatoms. The first-order chi connectivity index (χ1) is 12.9. The van der Waals surface area contributed by atoms with E-state index in [0.717, 1.165) is 18.6 Å². The molecule has 0 aromatic heterocycles. The van der Waals surface area contributed by atoms with Crippen LogP contribution in [-0.4, -0.2) is 27.2 Å². The summed E-state index contributed by atoms with van der Waals surface area (Å²) in [5.74, 6) is 1.08. The molecule has 0 atom stereocenters. The van der Waals surface area contributed by atoms with E-state index in [0.29, 0.717) is 17.2 Å². The molecule has 27 heavy (non-hydrogen) atoms. The van der Waals surface area contributed by atoms with E-state index in [2.05, 4.69) is 5.32 Å². The summed E-state index contributed by atoms with van der Waals surface area (Å²) in [7, 11) is -3.35. The molecule has 1 amide bonds. The molecule has 1 fully saturated rings. The van der Waals surface area contributed by atoms with Crippen LogP contribution in [0.4, 0.5) is 5.69 Å². The summed E-state index contributed by atoms with van der Waals surface area (Å²) in [6.07, 6.45) is 7.51. The van der Waals surface area contributed by atoms with Crippen molar-refractivity contribution in [2.75, 3.05) is 18.2 Å². The van der Waals surface area contributed by atoms with Crippen molar-refractivity contribution in [2.24, 2.45) is 5.92 Å². The molecule has 0 saturated heterocycles. The molecule has 0 radical (unpaired) electrons. The Hall–Kier alpha value is -2.34. The van der Waals surface area contributed by atoms with Gasteiger partial charge in [-0.05, 0) is 61.2 Å². The summed E-state index contributed by atoms with van der Waals surface area (Å²) in [5.41, 5.74) is 0.935. The van der Waals surface area contributed by atoms with Crippen molar-refractivity contribution in [3.63, 3.8) is 0 Å². The number of amides is 1. The molecule has 144 valence electrons. The zero-order chi connectivity index (χ0) is 19.3. The minimum Gasteiger partial charge on any atom is -0.493 e. The minimum absolute atomic E-state index is 0.126. The normalized spacial score (nSPS) is 15.3. The fraction of sp³-hybridized carbons (Fsp3) is 0.381. The van der Waals surface area contributed by atoms with Crippen LogP contribution in [-0.2, 0) is 9.84 Å². The Morgan fingerprint density at radius 3 is 2.44 bits per heavy atom. The van der Waals surface area contributed by atoms with Gasteiger partial charge in [0.05, 0.1) is 11.5 Å². The topological polar surface area (TPSA) is 72.5 Å². The highest BCUT2D eigenvalue weighted by atomic mass is 32.2. The van der Waals surface area contributed by atoms with Gasteiger partial charge >= 0.3 is 0 Å². The third-order valence-corrected chi connectivity index (χ3v) is 5.96. The molecule has 1 N–H and O–H groups in total. The monoisotopic (exact) mass is 387 g/mol. The molecule has 0 aliphatic heterocycles. The van der Waals surface area contributed by atoms with Gasteiger partial charge in [0.15, 0.2) is 9.84 Å². The van der Waals surface area contributed by atoms with Crippen LogP contribution in [0.3, 0.4) is 0 Å². The molecule has 3 rings (SSSR count). The molecule has 1 aliphatic carbocycles. The first kappa shape index (κ1) is 19.4. The number of hydrogen-bond donors (Lipinski definition) is 1. The zero-order valence-electron chi connectivity index (χ0n) is 15.5. The maximum atomic E-state index is 12.4. The molecule has 2 aromatic rings. The molecular formula is C21H25NO4S. The van der Waals surface area contributed by atoms with E-state index in [1.165, 1.54) is 44.2 Å². The highest BCUT2D eigenvalue weighted by Gasteiger charge is 2.14. The van der Waals surface area contributed by atoms with Crippen LogP contribution in [0.25, 0.3) is 0 Å². The number of carbonyl (C=O) groups is 1. The van der Waals surface area contributed by atoms with Gasteiger partial charge in [-0.15, -0.1) is 0 Å². The Morgan fingerprint density at radius 2 is 1.78 bits per heavy atom. The van der Waals surface area contributed by atoms with Gasteiger partial charge in [0, 0.05) is 17.5 Å². The maximum Gasteiger partial charge on any atom is 0.255 e. The SMILES string of the molecule is CS(=O)(=O)c1cccc(C(=O)Nc2ccc(OCC3CCCCC3)cc2)c1. The Bertz CT molecular complexity index is 885. The second-order valence-electron chi connectivity index (χ2n) is 7.09. The van der Waals surface area contributed by atoms with Gasteiger partial charge < -0.3 is 10.1 Å². The average Bonchev–Trinajstić information content (AvgIpc) is 2.68. The highest BCUT2D eigenvalue weighted by Crippen LogP contribution is 2.25. The summed E-state index contributed by atoms with van der Waals surface area (Å²) >= 11 is 0. The van der Waals surface area contributed by atoms with Gasteiger partial charge in [0.25, 0.3) is 5.91 Å². The van der Waals surface area contributed by atoms with Crippen LogP contribution in [0.5, 0.6) is 5.75 Å². The lowest BCUT2D eigenvalue weighted by atomic mass is 9.90. The molecule has 1 saturated carbocycles. The van der Waals surface area contributed by atoms with Crippen molar-refractivity contribution in [3.8, 4) is 5.75 Å². The van der Waals surface area contributed by atoms with Crippen LogP contribution in [0.15, 0.2) is 53.4 Å². The zero-order valence-corrected chi connectivity index (χ0v) is 16.3. The fourth-order valence-electron chi connectivity index (χ4n) is 3.27. The molecule has 1 aliphatic rings. The van der Waals surface area contributed by atoms with Gasteiger partial charge in [-0.25, -0.2) is 8.42 Å². The number of ether oxygens (including phenoxy) is 1. The van der Waals surface area contributed by atoms with Crippen molar-refractivity contribution < 1.29 is 17.9 Å². The van der Waals surface area contributed by atoms with Crippen molar-refractivity contribution in [3.05, 3.63) is 54.1 Å².